The maximum Gasteiger partial charge on any atom is 0.319 e. The summed E-state index contributed by atoms with van der Waals surface area (Å²) in [7, 11) is 0. The van der Waals surface area contributed by atoms with Crippen LogP contribution < -0.4 is 10.6 Å². The van der Waals surface area contributed by atoms with Crippen LogP contribution in [0.1, 0.15) is 31.8 Å². The summed E-state index contributed by atoms with van der Waals surface area (Å²) in [6, 6.07) is 10.0. The number of aliphatic imine (C=N–C) groups is 1. The molecule has 2 N–H and O–H groups in total. The number of nitrogens with one attached hydrogen (secondary N) is 2. The number of alkyl halides is 2. The minimum atomic E-state index is -2.62. The van der Waals surface area contributed by atoms with Gasteiger partial charge in [0.2, 0.25) is 0 Å². The Morgan fingerprint density at radius 1 is 1.26 bits per heavy atom. The van der Waals surface area contributed by atoms with E-state index >= 15 is 0 Å². The van der Waals surface area contributed by atoms with Crippen molar-refractivity contribution in [3.63, 3.8) is 0 Å². The summed E-state index contributed by atoms with van der Waals surface area (Å²) in [6.07, 6.45) is 2.60. The zero-order chi connectivity index (χ0) is 19.5. The molecule has 0 aliphatic carbocycles. The number of hydrogen-bond acceptors (Lipinski definition) is 3. The molecule has 6 nitrogen and oxygen atoms in total. The van der Waals surface area contributed by atoms with Crippen molar-refractivity contribution in [2.24, 2.45) is 10.9 Å². The molecule has 0 fully saturated rings. The van der Waals surface area contributed by atoms with Crippen LogP contribution in [0.2, 0.25) is 0 Å². The normalized spacial score (nSPS) is 13.0. The lowest BCUT2D eigenvalue weighted by atomic mass is 10.2. The number of rotatable bonds is 10. The highest BCUT2D eigenvalue weighted by atomic mass is 19.3. The molecule has 0 radical (unpaired) electrons. The second-order valence-corrected chi connectivity index (χ2v) is 6.21. The van der Waals surface area contributed by atoms with Gasteiger partial charge in [-0.15, -0.1) is 0 Å². The fourth-order valence-corrected chi connectivity index (χ4v) is 2.42. The highest BCUT2D eigenvalue weighted by Crippen LogP contribution is 2.12. The van der Waals surface area contributed by atoms with Gasteiger partial charge in [0.05, 0.1) is 13.2 Å². The summed E-state index contributed by atoms with van der Waals surface area (Å²) in [4.78, 5) is 8.27. The number of hydrogen-bond donors (Lipinski definition) is 2. The van der Waals surface area contributed by atoms with Crippen LogP contribution in [0.15, 0.2) is 47.7 Å². The Hall–Kier alpha value is -2.48. The van der Waals surface area contributed by atoms with Crippen molar-refractivity contribution in [1.82, 2.24) is 20.2 Å². The second-order valence-electron chi connectivity index (χ2n) is 6.21. The van der Waals surface area contributed by atoms with Gasteiger partial charge in [-0.05, 0) is 18.4 Å². The van der Waals surface area contributed by atoms with Gasteiger partial charge in [-0.3, -0.25) is 4.57 Å². The summed E-state index contributed by atoms with van der Waals surface area (Å²) in [5, 5.41) is 6.32. The molecule has 8 heteroatoms. The van der Waals surface area contributed by atoms with Gasteiger partial charge in [0.25, 0.3) is 0 Å². The van der Waals surface area contributed by atoms with E-state index in [1.165, 1.54) is 12.4 Å². The van der Waals surface area contributed by atoms with E-state index in [2.05, 4.69) is 27.5 Å². The van der Waals surface area contributed by atoms with Gasteiger partial charge in [-0.2, -0.15) is 8.78 Å². The monoisotopic (exact) mass is 379 g/mol. The van der Waals surface area contributed by atoms with Crippen molar-refractivity contribution in [1.29, 1.82) is 0 Å². The fourth-order valence-electron chi connectivity index (χ4n) is 2.42. The topological polar surface area (TPSA) is 63.5 Å². The largest absolute Gasteiger partial charge is 0.376 e. The van der Waals surface area contributed by atoms with Gasteiger partial charge < -0.3 is 15.4 Å². The van der Waals surface area contributed by atoms with Crippen molar-refractivity contribution in [2.75, 3.05) is 19.7 Å². The summed E-state index contributed by atoms with van der Waals surface area (Å²) in [5.41, 5.74) is 1.14. The minimum Gasteiger partial charge on any atom is -0.376 e. The zero-order valence-corrected chi connectivity index (χ0v) is 15.7. The number of benzene rings is 1. The summed E-state index contributed by atoms with van der Waals surface area (Å²) >= 11 is 0. The molecule has 148 valence electrons. The fraction of sp³-hybridized carbons (Fsp3) is 0.474. The van der Waals surface area contributed by atoms with E-state index in [1.54, 1.807) is 0 Å². The predicted molar refractivity (Wildman–Crippen MR) is 102 cm³/mol. The smallest absolute Gasteiger partial charge is 0.319 e. The first kappa shape index (κ1) is 20.8. The number of imidazole rings is 1. The standard InChI is InChI=1S/C19H27F2N5O/c1-3-22-19(25-12-17-23-9-10-26(17)18(20)21)24-11-15(2)13-27-14-16-7-5-4-6-8-16/h4-10,15,18H,3,11-14H2,1-2H3,(H2,22,24,25). The van der Waals surface area contributed by atoms with Gasteiger partial charge in [0.1, 0.15) is 12.4 Å². The van der Waals surface area contributed by atoms with Gasteiger partial charge in [-0.1, -0.05) is 37.3 Å². The van der Waals surface area contributed by atoms with Crippen molar-refractivity contribution < 1.29 is 13.5 Å². The van der Waals surface area contributed by atoms with Gasteiger partial charge in [-0.25, -0.2) is 9.98 Å². The number of nitrogens with zero attached hydrogens (tertiary/aromatic N) is 3. The van der Waals surface area contributed by atoms with Crippen molar-refractivity contribution in [3.8, 4) is 0 Å². The van der Waals surface area contributed by atoms with Gasteiger partial charge in [0.15, 0.2) is 5.96 Å². The van der Waals surface area contributed by atoms with Crippen molar-refractivity contribution in [3.05, 3.63) is 54.1 Å². The van der Waals surface area contributed by atoms with E-state index in [-0.39, 0.29) is 18.3 Å². The van der Waals surface area contributed by atoms with Gasteiger partial charge in [0, 0.05) is 25.5 Å². The van der Waals surface area contributed by atoms with Crippen LogP contribution in [-0.4, -0.2) is 35.2 Å². The summed E-state index contributed by atoms with van der Waals surface area (Å²) in [6.45, 7) is 4.00. The number of guanidine groups is 1. The Morgan fingerprint density at radius 2 is 2.04 bits per heavy atom. The van der Waals surface area contributed by atoms with Crippen LogP contribution in [0.25, 0.3) is 0 Å². The summed E-state index contributed by atoms with van der Waals surface area (Å²) < 4.78 is 32.3. The van der Waals surface area contributed by atoms with E-state index in [4.69, 9.17) is 4.74 Å². The molecule has 0 aliphatic rings. The molecule has 0 saturated heterocycles. The maximum atomic E-state index is 12.9. The molecule has 1 aromatic carbocycles. The number of aromatic nitrogens is 2. The average Bonchev–Trinajstić information content (AvgIpc) is 3.14. The quantitative estimate of drug-likeness (QED) is 0.492. The Kier molecular flexibility index (Phi) is 8.70. The average molecular weight is 379 g/mol. The molecule has 2 aromatic rings. The van der Waals surface area contributed by atoms with Crippen LogP contribution in [0.4, 0.5) is 8.78 Å². The van der Waals surface area contributed by atoms with Crippen LogP contribution in [0, 0.1) is 5.92 Å². The third kappa shape index (κ3) is 7.34. The Morgan fingerprint density at radius 3 is 2.74 bits per heavy atom. The second kappa shape index (κ2) is 11.3. The molecule has 27 heavy (non-hydrogen) atoms. The molecule has 0 aliphatic heterocycles. The summed E-state index contributed by atoms with van der Waals surface area (Å²) in [5.74, 6) is 1.05. The molecular weight excluding hydrogens is 352 g/mol. The molecule has 0 spiro atoms. The lowest BCUT2D eigenvalue weighted by Crippen LogP contribution is -2.40. The van der Waals surface area contributed by atoms with E-state index in [1.807, 2.05) is 37.3 Å². The van der Waals surface area contributed by atoms with Gasteiger partial charge >= 0.3 is 6.55 Å². The number of ether oxygens (including phenoxy) is 1. The Bertz CT molecular complexity index is 690. The van der Waals surface area contributed by atoms with Crippen LogP contribution in [0.3, 0.4) is 0 Å². The third-order valence-corrected chi connectivity index (χ3v) is 3.81. The zero-order valence-electron chi connectivity index (χ0n) is 15.7. The molecule has 1 unspecified atom stereocenters. The van der Waals surface area contributed by atoms with Crippen LogP contribution in [-0.2, 0) is 17.9 Å². The third-order valence-electron chi connectivity index (χ3n) is 3.81. The number of halogens is 2. The highest BCUT2D eigenvalue weighted by molar-refractivity contribution is 5.79. The molecule has 0 bridgehead atoms. The molecule has 1 aromatic heterocycles. The van der Waals surface area contributed by atoms with Crippen LogP contribution in [0.5, 0.6) is 0 Å². The Labute approximate surface area is 158 Å². The SMILES string of the molecule is CCNC(=NCc1nccn1C(F)F)NCC(C)COCc1ccccc1. The van der Waals surface area contributed by atoms with Crippen molar-refractivity contribution in [2.45, 2.75) is 33.5 Å². The maximum absolute atomic E-state index is 12.9. The molecular formula is C19H27F2N5O. The molecule has 0 amide bonds. The lowest BCUT2D eigenvalue weighted by Gasteiger charge is -2.16. The first-order valence-electron chi connectivity index (χ1n) is 9.03. The molecule has 1 heterocycles. The van der Waals surface area contributed by atoms with E-state index in [0.29, 0.717) is 32.3 Å². The van der Waals surface area contributed by atoms with E-state index < -0.39 is 6.55 Å². The molecule has 2 rings (SSSR count). The highest BCUT2D eigenvalue weighted by Gasteiger charge is 2.11. The Balaban J connectivity index is 1.78. The predicted octanol–water partition coefficient (Wildman–Crippen LogP) is 3.19. The van der Waals surface area contributed by atoms with E-state index in [0.717, 1.165) is 10.1 Å². The molecule has 1 atom stereocenters. The van der Waals surface area contributed by atoms with E-state index in [9.17, 15) is 8.78 Å². The van der Waals surface area contributed by atoms with Crippen molar-refractivity contribution >= 4 is 5.96 Å². The van der Waals surface area contributed by atoms with Crippen LogP contribution >= 0.6 is 0 Å². The lowest BCUT2D eigenvalue weighted by molar-refractivity contribution is 0.0671. The molecule has 0 saturated carbocycles. The first-order chi connectivity index (χ1) is 13.1. The first-order valence-corrected chi connectivity index (χ1v) is 9.03. The minimum absolute atomic E-state index is 0.0750.